The number of alkyl halides is 3. The number of carbonyl (C=O) groups is 1. The predicted molar refractivity (Wildman–Crippen MR) is 107 cm³/mol. The molecule has 1 unspecified atom stereocenters. The van der Waals surface area contributed by atoms with E-state index in [2.05, 4.69) is 4.74 Å². The summed E-state index contributed by atoms with van der Waals surface area (Å²) in [5.74, 6) is -1.21. The second-order valence-electron chi connectivity index (χ2n) is 6.49. The van der Waals surface area contributed by atoms with Crippen LogP contribution < -0.4 is 0 Å². The van der Waals surface area contributed by atoms with Gasteiger partial charge in [-0.2, -0.15) is 18.4 Å². The van der Waals surface area contributed by atoms with Gasteiger partial charge in [-0.15, -0.1) is 0 Å². The molecule has 0 bridgehead atoms. The smallest absolute Gasteiger partial charge is 0.430 e. The van der Waals surface area contributed by atoms with E-state index in [1.54, 1.807) is 12.1 Å². The molecule has 1 atom stereocenters. The molecule has 0 aliphatic carbocycles. The summed E-state index contributed by atoms with van der Waals surface area (Å²) < 4.78 is 43.6. The van der Waals surface area contributed by atoms with E-state index in [4.69, 9.17) is 5.26 Å². The van der Waals surface area contributed by atoms with Gasteiger partial charge >= 0.3 is 12.1 Å². The van der Waals surface area contributed by atoms with E-state index in [1.807, 2.05) is 60.7 Å². The zero-order valence-electron chi connectivity index (χ0n) is 15.9. The van der Waals surface area contributed by atoms with Crippen LogP contribution in [0.1, 0.15) is 17.3 Å². The molecule has 0 N–H and O–H groups in total. The number of rotatable bonds is 5. The molecule has 7 heteroatoms. The van der Waals surface area contributed by atoms with Crippen LogP contribution in [0.15, 0.2) is 99.6 Å². The van der Waals surface area contributed by atoms with E-state index < -0.39 is 28.6 Å². The fourth-order valence-corrected chi connectivity index (χ4v) is 4.72. The van der Waals surface area contributed by atoms with Crippen molar-refractivity contribution in [2.75, 3.05) is 0 Å². The third-order valence-corrected chi connectivity index (χ3v) is 6.57. The van der Waals surface area contributed by atoms with Crippen LogP contribution in [0.4, 0.5) is 13.2 Å². The topological polar surface area (TPSA) is 50.1 Å². The summed E-state index contributed by atoms with van der Waals surface area (Å²) in [5, 5.41) is 8.84. The molecule has 0 amide bonds. The Morgan fingerprint density at radius 1 is 0.833 bits per heavy atom. The van der Waals surface area contributed by atoms with Crippen molar-refractivity contribution in [1.82, 2.24) is 0 Å². The molecular formula is C23H17F3NO2S+. The quantitative estimate of drug-likeness (QED) is 0.382. The van der Waals surface area contributed by atoms with Crippen LogP contribution in [0.25, 0.3) is 0 Å². The van der Waals surface area contributed by atoms with Gasteiger partial charge in [-0.1, -0.05) is 36.4 Å². The van der Waals surface area contributed by atoms with E-state index in [0.29, 0.717) is 6.92 Å². The van der Waals surface area contributed by atoms with Crippen LogP contribution in [0, 0.1) is 11.3 Å². The average molecular weight is 428 g/mol. The minimum Gasteiger partial charge on any atom is -0.430 e. The Morgan fingerprint density at radius 2 is 1.27 bits per heavy atom. The van der Waals surface area contributed by atoms with E-state index in [9.17, 15) is 18.0 Å². The summed E-state index contributed by atoms with van der Waals surface area (Å²) in [5.41, 5.74) is -3.27. The molecule has 0 heterocycles. The number of ether oxygens (including phenoxy) is 1. The Morgan fingerprint density at radius 3 is 1.67 bits per heavy atom. The van der Waals surface area contributed by atoms with Gasteiger partial charge in [0.15, 0.2) is 14.7 Å². The molecule has 0 aliphatic rings. The van der Waals surface area contributed by atoms with Crippen molar-refractivity contribution in [1.29, 1.82) is 5.26 Å². The largest absolute Gasteiger partial charge is 0.442 e. The Labute approximate surface area is 175 Å². The molecule has 0 spiro atoms. The van der Waals surface area contributed by atoms with Gasteiger partial charge in [0.2, 0.25) is 0 Å². The average Bonchev–Trinajstić information content (AvgIpc) is 2.75. The summed E-state index contributed by atoms with van der Waals surface area (Å²) in [6, 6.07) is 26.8. The van der Waals surface area contributed by atoms with Gasteiger partial charge in [-0.25, -0.2) is 4.79 Å². The Hall–Kier alpha value is -3.24. The van der Waals surface area contributed by atoms with Gasteiger partial charge in [0.05, 0.1) is 16.5 Å². The first-order chi connectivity index (χ1) is 14.2. The number of benzene rings is 3. The number of carbonyl (C=O) groups excluding carboxylic acids is 1. The van der Waals surface area contributed by atoms with E-state index in [1.165, 1.54) is 12.1 Å². The number of hydrogen-bond acceptors (Lipinski definition) is 3. The van der Waals surface area contributed by atoms with Gasteiger partial charge < -0.3 is 4.74 Å². The maximum Gasteiger partial charge on any atom is 0.442 e. The van der Waals surface area contributed by atoms with Crippen LogP contribution in [-0.4, -0.2) is 17.7 Å². The monoisotopic (exact) mass is 428 g/mol. The second-order valence-corrected chi connectivity index (χ2v) is 8.52. The van der Waals surface area contributed by atoms with Gasteiger partial charge in [0.25, 0.3) is 5.60 Å². The zero-order valence-corrected chi connectivity index (χ0v) is 16.7. The van der Waals surface area contributed by atoms with Crippen LogP contribution in [0.3, 0.4) is 0 Å². The van der Waals surface area contributed by atoms with Gasteiger partial charge in [0, 0.05) is 0 Å². The van der Waals surface area contributed by atoms with Crippen LogP contribution in [0.2, 0.25) is 0 Å². The van der Waals surface area contributed by atoms with E-state index in [-0.39, 0.29) is 5.56 Å². The molecule has 152 valence electrons. The molecule has 0 radical (unpaired) electrons. The first-order valence-electron chi connectivity index (χ1n) is 8.91. The lowest BCUT2D eigenvalue weighted by atomic mass is 10.1. The second kappa shape index (κ2) is 8.64. The number of hydrogen-bond donors (Lipinski definition) is 0. The molecule has 3 aromatic rings. The third kappa shape index (κ3) is 4.50. The summed E-state index contributed by atoms with van der Waals surface area (Å²) in [7, 11) is -0.455. The van der Waals surface area contributed by atoms with Gasteiger partial charge in [-0.3, -0.25) is 0 Å². The van der Waals surface area contributed by atoms with Crippen molar-refractivity contribution in [3.63, 3.8) is 0 Å². The maximum absolute atomic E-state index is 13.0. The Bertz CT molecular complexity index is 1010. The summed E-state index contributed by atoms with van der Waals surface area (Å²) in [6.07, 6.45) is -5.00. The first kappa shape index (κ1) is 21.5. The van der Waals surface area contributed by atoms with Crippen molar-refractivity contribution >= 4 is 16.9 Å². The molecule has 3 nitrogen and oxygen atoms in total. The predicted octanol–water partition coefficient (Wildman–Crippen LogP) is 5.78. The Kier molecular flexibility index (Phi) is 6.18. The highest BCUT2D eigenvalue weighted by Crippen LogP contribution is 2.34. The van der Waals surface area contributed by atoms with Crippen LogP contribution >= 0.6 is 0 Å². The molecule has 0 saturated carbocycles. The fraction of sp³-hybridized carbons (Fsp3) is 0.130. The molecule has 0 fully saturated rings. The van der Waals surface area contributed by atoms with E-state index in [0.717, 1.165) is 20.8 Å². The number of halogens is 3. The molecule has 0 aromatic heterocycles. The highest BCUT2D eigenvalue weighted by molar-refractivity contribution is 7.97. The van der Waals surface area contributed by atoms with Gasteiger partial charge in [0.1, 0.15) is 6.07 Å². The SMILES string of the molecule is CC(C#N)(OC(=O)c1ccc([S+](c2ccccc2)c2ccccc2)cc1)C(F)(F)F. The highest BCUT2D eigenvalue weighted by Gasteiger charge is 2.55. The van der Waals surface area contributed by atoms with E-state index >= 15 is 0 Å². The molecular weight excluding hydrogens is 411 g/mol. The maximum atomic E-state index is 13.0. The highest BCUT2D eigenvalue weighted by atomic mass is 32.2. The number of nitriles is 1. The lowest BCUT2D eigenvalue weighted by Gasteiger charge is -2.24. The van der Waals surface area contributed by atoms with Crippen molar-refractivity contribution in [3.8, 4) is 6.07 Å². The van der Waals surface area contributed by atoms with Crippen molar-refractivity contribution in [2.45, 2.75) is 33.4 Å². The van der Waals surface area contributed by atoms with Crippen molar-refractivity contribution in [3.05, 3.63) is 90.5 Å². The summed E-state index contributed by atoms with van der Waals surface area (Å²) >= 11 is 0. The zero-order chi connectivity index (χ0) is 21.8. The molecule has 30 heavy (non-hydrogen) atoms. The molecule has 3 rings (SSSR count). The molecule has 3 aromatic carbocycles. The van der Waals surface area contributed by atoms with Crippen LogP contribution in [0.5, 0.6) is 0 Å². The number of nitrogens with zero attached hydrogens (tertiary/aromatic N) is 1. The van der Waals surface area contributed by atoms with Crippen LogP contribution in [-0.2, 0) is 15.6 Å². The lowest BCUT2D eigenvalue weighted by Crippen LogP contribution is -2.45. The van der Waals surface area contributed by atoms with Crippen molar-refractivity contribution < 1.29 is 22.7 Å². The third-order valence-electron chi connectivity index (χ3n) is 4.33. The summed E-state index contributed by atoms with van der Waals surface area (Å²) in [6.45, 7) is 0.529. The minimum absolute atomic E-state index is 0.0610. The standard InChI is InChI=1S/C23H17F3NO2S/c1-22(16-27,23(24,25)26)29-21(28)17-12-14-20(15-13-17)30(18-8-4-2-5-9-18)19-10-6-3-7-11-19/h2-15H,1H3/q+1. The lowest BCUT2D eigenvalue weighted by molar-refractivity contribution is -0.229. The Balaban J connectivity index is 1.91. The first-order valence-corrected chi connectivity index (χ1v) is 10.1. The molecule has 0 aliphatic heterocycles. The minimum atomic E-state index is -5.00. The van der Waals surface area contributed by atoms with Crippen molar-refractivity contribution in [2.24, 2.45) is 0 Å². The summed E-state index contributed by atoms with van der Waals surface area (Å²) in [4.78, 5) is 15.2. The fourth-order valence-electron chi connectivity index (χ4n) is 2.64. The number of esters is 1. The van der Waals surface area contributed by atoms with Gasteiger partial charge in [-0.05, 0) is 55.5 Å². The molecule has 0 saturated heterocycles. The normalized spacial score (nSPS) is 13.3.